The normalized spacial score (nSPS) is 15.1. The number of nitrogens with one attached hydrogen (secondary N) is 1. The zero-order chi connectivity index (χ0) is 22.7. The minimum Gasteiger partial charge on any atom is -0.488 e. The van der Waals surface area contributed by atoms with E-state index in [2.05, 4.69) is 21.2 Å². The molecule has 1 N–H and O–H groups in total. The highest BCUT2D eigenvalue weighted by Gasteiger charge is 2.36. The number of benzene rings is 3. The lowest BCUT2D eigenvalue weighted by Crippen LogP contribution is -2.54. The second kappa shape index (κ2) is 9.38. The quantitative estimate of drug-likeness (QED) is 0.370. The minimum absolute atomic E-state index is 0.163. The van der Waals surface area contributed by atoms with Gasteiger partial charge in [-0.3, -0.25) is 14.9 Å². The first-order valence-electron chi connectivity index (χ1n) is 9.55. The van der Waals surface area contributed by atoms with E-state index in [0.29, 0.717) is 33.1 Å². The lowest BCUT2D eigenvalue weighted by Gasteiger charge is -2.26. The first-order valence-corrected chi connectivity index (χ1v) is 10.7. The molecule has 0 spiro atoms. The molecule has 1 fully saturated rings. The summed E-state index contributed by atoms with van der Waals surface area (Å²) in [6, 6.07) is 20.3. The molecule has 1 aliphatic heterocycles. The summed E-state index contributed by atoms with van der Waals surface area (Å²) in [6.45, 7) is 0.402. The highest BCUT2D eigenvalue weighted by atomic mass is 79.9. The molecule has 8 heteroatoms. The third-order valence-corrected chi connectivity index (χ3v) is 5.56. The summed E-state index contributed by atoms with van der Waals surface area (Å²) in [4.78, 5) is 38.5. The summed E-state index contributed by atoms with van der Waals surface area (Å²) < 4.78 is 6.50. The van der Waals surface area contributed by atoms with Crippen molar-refractivity contribution < 1.29 is 19.1 Å². The summed E-state index contributed by atoms with van der Waals surface area (Å²) in [5, 5.41) is 2.66. The zero-order valence-electron chi connectivity index (χ0n) is 16.5. The molecule has 1 saturated heterocycles. The first-order chi connectivity index (χ1) is 15.4. The van der Waals surface area contributed by atoms with Crippen LogP contribution in [0.4, 0.5) is 10.5 Å². The Hall–Kier alpha value is -3.42. The molecule has 4 amide bonds. The molecule has 3 aromatic rings. The molecule has 0 atom stereocenters. The molecule has 0 bridgehead atoms. The van der Waals surface area contributed by atoms with E-state index in [1.807, 2.05) is 30.3 Å². The molecule has 0 unspecified atom stereocenters. The van der Waals surface area contributed by atoms with Crippen LogP contribution in [0.2, 0.25) is 5.02 Å². The Morgan fingerprint density at radius 1 is 0.969 bits per heavy atom. The van der Waals surface area contributed by atoms with Crippen LogP contribution in [0.1, 0.15) is 11.1 Å². The highest BCUT2D eigenvalue weighted by molar-refractivity contribution is 9.10. The number of carbonyl (C=O) groups is 3. The van der Waals surface area contributed by atoms with Crippen molar-refractivity contribution in [2.45, 2.75) is 6.61 Å². The van der Waals surface area contributed by atoms with Crippen LogP contribution in [0.25, 0.3) is 6.08 Å². The molecule has 3 aromatic carbocycles. The number of urea groups is 1. The molecule has 0 aromatic heterocycles. The van der Waals surface area contributed by atoms with Crippen molar-refractivity contribution in [3.05, 3.63) is 99.0 Å². The van der Waals surface area contributed by atoms with Gasteiger partial charge in [0.2, 0.25) is 0 Å². The maximum Gasteiger partial charge on any atom is 0.335 e. The smallest absolute Gasteiger partial charge is 0.335 e. The Morgan fingerprint density at radius 3 is 2.38 bits per heavy atom. The van der Waals surface area contributed by atoms with Crippen LogP contribution in [0.3, 0.4) is 0 Å². The van der Waals surface area contributed by atoms with Crippen molar-refractivity contribution in [1.29, 1.82) is 0 Å². The number of imide groups is 2. The Kier molecular flexibility index (Phi) is 6.39. The van der Waals surface area contributed by atoms with Gasteiger partial charge in [-0.05, 0) is 69.5 Å². The van der Waals surface area contributed by atoms with Crippen LogP contribution in [-0.4, -0.2) is 17.8 Å². The van der Waals surface area contributed by atoms with E-state index in [-0.39, 0.29) is 5.57 Å². The van der Waals surface area contributed by atoms with Gasteiger partial charge in [-0.15, -0.1) is 0 Å². The molecule has 0 saturated carbocycles. The summed E-state index contributed by atoms with van der Waals surface area (Å²) >= 11 is 9.35. The number of ether oxygens (including phenoxy) is 1. The average Bonchev–Trinajstić information content (AvgIpc) is 2.78. The monoisotopic (exact) mass is 510 g/mol. The van der Waals surface area contributed by atoms with Crippen LogP contribution in [0.5, 0.6) is 5.75 Å². The SMILES string of the molecule is O=C1NC(=O)N(c2ccc(Cl)cc2)C(=O)/C1=C/c1ccc(OCc2ccccc2)c(Br)c1. The molecule has 1 heterocycles. The Labute approximate surface area is 197 Å². The first kappa shape index (κ1) is 21.8. The fourth-order valence-corrected chi connectivity index (χ4v) is 3.74. The fourth-order valence-electron chi connectivity index (χ4n) is 3.11. The topological polar surface area (TPSA) is 75.7 Å². The number of hydrogen-bond acceptors (Lipinski definition) is 4. The van der Waals surface area contributed by atoms with Crippen LogP contribution < -0.4 is 15.0 Å². The van der Waals surface area contributed by atoms with Gasteiger partial charge in [-0.1, -0.05) is 48.0 Å². The van der Waals surface area contributed by atoms with Gasteiger partial charge < -0.3 is 4.74 Å². The van der Waals surface area contributed by atoms with Crippen molar-refractivity contribution in [2.24, 2.45) is 0 Å². The molecule has 4 rings (SSSR count). The highest BCUT2D eigenvalue weighted by Crippen LogP contribution is 2.29. The van der Waals surface area contributed by atoms with E-state index >= 15 is 0 Å². The standard InChI is InChI=1S/C24H16BrClN2O4/c25-20-13-16(6-11-21(20)32-14-15-4-2-1-3-5-15)12-19-22(29)27-24(31)28(23(19)30)18-9-7-17(26)8-10-18/h1-13H,14H2,(H,27,29,31)/b19-12+. The van der Waals surface area contributed by atoms with Crippen LogP contribution in [0, 0.1) is 0 Å². The van der Waals surface area contributed by atoms with Crippen molar-refractivity contribution in [3.63, 3.8) is 0 Å². The van der Waals surface area contributed by atoms with Crippen LogP contribution in [-0.2, 0) is 16.2 Å². The lowest BCUT2D eigenvalue weighted by molar-refractivity contribution is -0.122. The number of nitrogens with zero attached hydrogens (tertiary/aromatic N) is 1. The van der Waals surface area contributed by atoms with Crippen molar-refractivity contribution >= 4 is 57.1 Å². The molecular weight excluding hydrogens is 496 g/mol. The van der Waals surface area contributed by atoms with Crippen molar-refractivity contribution in [3.8, 4) is 5.75 Å². The third kappa shape index (κ3) is 4.74. The van der Waals surface area contributed by atoms with Gasteiger partial charge >= 0.3 is 6.03 Å². The van der Waals surface area contributed by atoms with E-state index in [1.165, 1.54) is 18.2 Å². The summed E-state index contributed by atoms with van der Waals surface area (Å²) in [7, 11) is 0. The Balaban J connectivity index is 1.57. The lowest BCUT2D eigenvalue weighted by atomic mass is 10.1. The Bertz CT molecular complexity index is 1230. The van der Waals surface area contributed by atoms with E-state index < -0.39 is 17.8 Å². The van der Waals surface area contributed by atoms with Crippen molar-refractivity contribution in [2.75, 3.05) is 4.90 Å². The zero-order valence-corrected chi connectivity index (χ0v) is 18.9. The van der Waals surface area contributed by atoms with Gasteiger partial charge in [0.25, 0.3) is 11.8 Å². The summed E-state index contributed by atoms with van der Waals surface area (Å²) in [5.74, 6) is -0.860. The molecule has 160 valence electrons. The molecule has 0 aliphatic carbocycles. The number of rotatable bonds is 5. The average molecular weight is 512 g/mol. The number of barbiturate groups is 1. The maximum atomic E-state index is 13.0. The fraction of sp³-hybridized carbons (Fsp3) is 0.0417. The molecule has 0 radical (unpaired) electrons. The Morgan fingerprint density at radius 2 is 1.69 bits per heavy atom. The minimum atomic E-state index is -0.815. The van der Waals surface area contributed by atoms with E-state index in [1.54, 1.807) is 30.3 Å². The summed E-state index contributed by atoms with van der Waals surface area (Å²) in [6.07, 6.45) is 1.43. The van der Waals surface area contributed by atoms with Gasteiger partial charge in [-0.2, -0.15) is 0 Å². The summed E-state index contributed by atoms with van der Waals surface area (Å²) in [5.41, 5.74) is 1.76. The van der Waals surface area contributed by atoms with Gasteiger partial charge in [-0.25, -0.2) is 9.69 Å². The van der Waals surface area contributed by atoms with Crippen LogP contribution in [0.15, 0.2) is 82.8 Å². The number of carbonyl (C=O) groups excluding carboxylic acids is 3. The molecule has 32 heavy (non-hydrogen) atoms. The number of halogens is 2. The molecule has 1 aliphatic rings. The van der Waals surface area contributed by atoms with E-state index in [4.69, 9.17) is 16.3 Å². The van der Waals surface area contributed by atoms with Gasteiger partial charge in [0.05, 0.1) is 10.2 Å². The molecular formula is C24H16BrClN2O4. The number of anilines is 1. The van der Waals surface area contributed by atoms with Gasteiger partial charge in [0, 0.05) is 5.02 Å². The van der Waals surface area contributed by atoms with Crippen LogP contribution >= 0.6 is 27.5 Å². The maximum absolute atomic E-state index is 13.0. The molecule has 6 nitrogen and oxygen atoms in total. The number of hydrogen-bond donors (Lipinski definition) is 1. The second-order valence-electron chi connectivity index (χ2n) is 6.90. The van der Waals surface area contributed by atoms with Gasteiger partial charge in [0.1, 0.15) is 17.9 Å². The third-order valence-electron chi connectivity index (χ3n) is 4.69. The predicted octanol–water partition coefficient (Wildman–Crippen LogP) is 5.35. The largest absolute Gasteiger partial charge is 0.488 e. The second-order valence-corrected chi connectivity index (χ2v) is 8.19. The van der Waals surface area contributed by atoms with Crippen molar-refractivity contribution in [1.82, 2.24) is 5.32 Å². The number of amides is 4. The predicted molar refractivity (Wildman–Crippen MR) is 125 cm³/mol. The van der Waals surface area contributed by atoms with E-state index in [0.717, 1.165) is 10.5 Å². The van der Waals surface area contributed by atoms with E-state index in [9.17, 15) is 14.4 Å². The van der Waals surface area contributed by atoms with Gasteiger partial charge in [0.15, 0.2) is 0 Å².